The molecule has 1 amide bonds. The van der Waals surface area contributed by atoms with Gasteiger partial charge in [0.05, 0.1) is 6.54 Å². The Balaban J connectivity index is 1.95. The smallest absolute Gasteiger partial charge is 0.251 e. The maximum absolute atomic E-state index is 12.1. The monoisotopic (exact) mass is 314 g/mol. The van der Waals surface area contributed by atoms with Gasteiger partial charge in [-0.3, -0.25) is 9.59 Å². The Hall–Kier alpha value is -2.56. The van der Waals surface area contributed by atoms with Gasteiger partial charge in [-0.25, -0.2) is 0 Å². The normalized spacial score (nSPS) is 11.8. The molecule has 2 aromatic rings. The molecule has 1 heterocycles. The molecule has 0 aliphatic carbocycles. The van der Waals surface area contributed by atoms with E-state index >= 15 is 0 Å². The summed E-state index contributed by atoms with van der Waals surface area (Å²) in [6.07, 6.45) is 2.23. The molecule has 1 aromatic carbocycles. The number of nitrogens with zero attached hydrogens (tertiary/aromatic N) is 1. The average Bonchev–Trinajstić information content (AvgIpc) is 2.53. The van der Waals surface area contributed by atoms with Crippen molar-refractivity contribution in [1.82, 2.24) is 9.88 Å². The fraction of sp³-hybridized carbons (Fsp3) is 0.333. The molecule has 0 aliphatic rings. The Morgan fingerprint density at radius 1 is 1.30 bits per heavy atom. The van der Waals surface area contributed by atoms with Gasteiger partial charge in [0.1, 0.15) is 11.9 Å². The second-order valence-electron chi connectivity index (χ2n) is 5.54. The van der Waals surface area contributed by atoms with Crippen LogP contribution in [0.1, 0.15) is 29.3 Å². The summed E-state index contributed by atoms with van der Waals surface area (Å²) in [6, 6.07) is 10.8. The van der Waals surface area contributed by atoms with Crippen molar-refractivity contribution in [2.75, 3.05) is 6.54 Å². The van der Waals surface area contributed by atoms with Gasteiger partial charge < -0.3 is 14.6 Å². The number of amides is 1. The molecule has 5 nitrogen and oxygen atoms in total. The summed E-state index contributed by atoms with van der Waals surface area (Å²) >= 11 is 0. The lowest BCUT2D eigenvalue weighted by Crippen LogP contribution is -2.35. The second-order valence-corrected chi connectivity index (χ2v) is 5.54. The fourth-order valence-electron chi connectivity index (χ4n) is 2.15. The Labute approximate surface area is 135 Å². The first-order valence-corrected chi connectivity index (χ1v) is 7.67. The van der Waals surface area contributed by atoms with Gasteiger partial charge in [0, 0.05) is 24.9 Å². The van der Waals surface area contributed by atoms with E-state index < -0.39 is 0 Å². The lowest BCUT2D eigenvalue weighted by Gasteiger charge is -2.18. The first-order chi connectivity index (χ1) is 11.0. The van der Waals surface area contributed by atoms with E-state index in [9.17, 15) is 9.59 Å². The highest BCUT2D eigenvalue weighted by molar-refractivity contribution is 5.93. The summed E-state index contributed by atoms with van der Waals surface area (Å²) in [5, 5.41) is 2.82. The first kappa shape index (κ1) is 16.8. The molecular weight excluding hydrogens is 292 g/mol. The van der Waals surface area contributed by atoms with Crippen LogP contribution < -0.4 is 15.6 Å². The largest absolute Gasteiger partial charge is 0.489 e. The predicted molar refractivity (Wildman–Crippen MR) is 89.9 cm³/mol. The molecule has 0 spiro atoms. The highest BCUT2D eigenvalue weighted by Crippen LogP contribution is 2.15. The first-order valence-electron chi connectivity index (χ1n) is 7.67. The zero-order valence-electron chi connectivity index (χ0n) is 13.7. The topological polar surface area (TPSA) is 60.3 Å². The Bertz CT molecular complexity index is 737. The lowest BCUT2D eigenvalue weighted by molar-refractivity contribution is 0.0925. The molecule has 122 valence electrons. The van der Waals surface area contributed by atoms with Gasteiger partial charge in [0.15, 0.2) is 0 Å². The summed E-state index contributed by atoms with van der Waals surface area (Å²) in [7, 11) is 1.65. The quantitative estimate of drug-likeness (QED) is 0.890. The summed E-state index contributed by atoms with van der Waals surface area (Å²) < 4.78 is 7.32. The average molecular weight is 314 g/mol. The summed E-state index contributed by atoms with van der Waals surface area (Å²) in [4.78, 5) is 23.7. The molecule has 0 fully saturated rings. The third-order valence-corrected chi connectivity index (χ3v) is 3.60. The predicted octanol–water partition coefficient (Wildman–Crippen LogP) is 2.28. The van der Waals surface area contributed by atoms with Crippen molar-refractivity contribution in [2.45, 2.75) is 26.4 Å². The fourth-order valence-corrected chi connectivity index (χ4v) is 2.15. The van der Waals surface area contributed by atoms with Gasteiger partial charge in [-0.2, -0.15) is 0 Å². The van der Waals surface area contributed by atoms with Crippen molar-refractivity contribution in [3.63, 3.8) is 0 Å². The van der Waals surface area contributed by atoms with E-state index in [1.165, 1.54) is 10.6 Å². The number of hydrogen-bond donors (Lipinski definition) is 1. The van der Waals surface area contributed by atoms with Crippen LogP contribution in [-0.2, 0) is 7.05 Å². The molecule has 1 aromatic heterocycles. The van der Waals surface area contributed by atoms with E-state index in [0.29, 0.717) is 12.1 Å². The van der Waals surface area contributed by atoms with Crippen LogP contribution in [0.4, 0.5) is 0 Å². The Kier molecular flexibility index (Phi) is 5.57. The molecule has 1 N–H and O–H groups in total. The van der Waals surface area contributed by atoms with Gasteiger partial charge in [0.25, 0.3) is 11.5 Å². The zero-order valence-corrected chi connectivity index (χ0v) is 13.7. The van der Waals surface area contributed by atoms with Crippen molar-refractivity contribution >= 4 is 5.91 Å². The zero-order chi connectivity index (χ0) is 16.8. The number of carbonyl (C=O) groups is 1. The summed E-state index contributed by atoms with van der Waals surface area (Å²) in [5.41, 5.74) is 1.28. The van der Waals surface area contributed by atoms with Crippen LogP contribution in [0, 0.1) is 6.92 Å². The number of rotatable bonds is 6. The molecule has 0 saturated heterocycles. The third-order valence-electron chi connectivity index (χ3n) is 3.60. The van der Waals surface area contributed by atoms with E-state index in [1.54, 1.807) is 19.3 Å². The minimum atomic E-state index is -0.269. The minimum Gasteiger partial charge on any atom is -0.489 e. The highest BCUT2D eigenvalue weighted by Gasteiger charge is 2.12. The van der Waals surface area contributed by atoms with E-state index in [-0.39, 0.29) is 17.6 Å². The number of benzene rings is 1. The van der Waals surface area contributed by atoms with Crippen molar-refractivity contribution in [2.24, 2.45) is 7.05 Å². The molecule has 0 saturated carbocycles. The van der Waals surface area contributed by atoms with Gasteiger partial charge >= 0.3 is 0 Å². The molecule has 5 heteroatoms. The van der Waals surface area contributed by atoms with Gasteiger partial charge in [-0.15, -0.1) is 0 Å². The lowest BCUT2D eigenvalue weighted by atomic mass is 10.2. The van der Waals surface area contributed by atoms with E-state index in [4.69, 9.17) is 4.74 Å². The third kappa shape index (κ3) is 4.71. The maximum Gasteiger partial charge on any atom is 0.251 e. The van der Waals surface area contributed by atoms with Crippen molar-refractivity contribution < 1.29 is 9.53 Å². The van der Waals surface area contributed by atoms with Crippen molar-refractivity contribution in [1.29, 1.82) is 0 Å². The van der Waals surface area contributed by atoms with Gasteiger partial charge in [-0.05, 0) is 37.1 Å². The number of aromatic nitrogens is 1. The Morgan fingerprint density at radius 2 is 2.09 bits per heavy atom. The van der Waals surface area contributed by atoms with Crippen molar-refractivity contribution in [3.8, 4) is 5.75 Å². The number of ether oxygens (including phenoxy) is 1. The molecule has 0 bridgehead atoms. The molecule has 1 unspecified atom stereocenters. The van der Waals surface area contributed by atoms with Gasteiger partial charge in [0.2, 0.25) is 0 Å². The molecule has 0 aliphatic heterocycles. The SMILES string of the molecule is CCC(CNC(=O)c1ccn(C)c(=O)c1)Oc1cccc(C)c1. The number of pyridine rings is 1. The van der Waals surface area contributed by atoms with E-state index in [2.05, 4.69) is 5.32 Å². The van der Waals surface area contributed by atoms with Crippen LogP contribution >= 0.6 is 0 Å². The van der Waals surface area contributed by atoms with Crippen LogP contribution in [-0.4, -0.2) is 23.1 Å². The molecule has 1 atom stereocenters. The van der Waals surface area contributed by atoms with Crippen molar-refractivity contribution in [3.05, 3.63) is 64.1 Å². The minimum absolute atomic E-state index is 0.118. The molecule has 0 radical (unpaired) electrons. The van der Waals surface area contributed by atoms with Crippen LogP contribution in [0.3, 0.4) is 0 Å². The van der Waals surface area contributed by atoms with Crippen LogP contribution in [0.25, 0.3) is 0 Å². The van der Waals surface area contributed by atoms with Crippen LogP contribution in [0.5, 0.6) is 5.75 Å². The number of hydrogen-bond acceptors (Lipinski definition) is 3. The number of aryl methyl sites for hydroxylation is 2. The summed E-state index contributed by atoms with van der Waals surface area (Å²) in [5.74, 6) is 0.522. The molecule has 23 heavy (non-hydrogen) atoms. The van der Waals surface area contributed by atoms with E-state index in [0.717, 1.165) is 17.7 Å². The number of carbonyl (C=O) groups excluding carboxylic acids is 1. The summed E-state index contributed by atoms with van der Waals surface area (Å²) in [6.45, 7) is 4.40. The standard InChI is InChI=1S/C18H22N2O3/c1-4-15(23-16-7-5-6-13(2)10-16)12-19-18(22)14-8-9-20(3)17(21)11-14/h5-11,15H,4,12H2,1-3H3,(H,19,22). The van der Waals surface area contributed by atoms with Gasteiger partial charge in [-0.1, -0.05) is 19.1 Å². The van der Waals surface area contributed by atoms with Crippen LogP contribution in [0.15, 0.2) is 47.4 Å². The highest BCUT2D eigenvalue weighted by atomic mass is 16.5. The van der Waals surface area contributed by atoms with Crippen LogP contribution in [0.2, 0.25) is 0 Å². The number of nitrogens with one attached hydrogen (secondary N) is 1. The maximum atomic E-state index is 12.1. The molecular formula is C18H22N2O3. The van der Waals surface area contributed by atoms with E-state index in [1.807, 2.05) is 38.1 Å². The Morgan fingerprint density at radius 3 is 2.74 bits per heavy atom. The molecule has 2 rings (SSSR count). The second kappa shape index (κ2) is 7.63.